The summed E-state index contributed by atoms with van der Waals surface area (Å²) in [6, 6.07) is 4.40. The summed E-state index contributed by atoms with van der Waals surface area (Å²) in [5.74, 6) is -0.794. The Balaban J connectivity index is 2.23. The van der Waals surface area contributed by atoms with E-state index in [0.29, 0.717) is 11.2 Å². The molecule has 1 aromatic heterocycles. The fourth-order valence-corrected chi connectivity index (χ4v) is 1.46. The monoisotopic (exact) mass is 262 g/mol. The zero-order valence-electron chi connectivity index (χ0n) is 9.03. The van der Waals surface area contributed by atoms with Crippen molar-refractivity contribution in [1.82, 2.24) is 4.57 Å². The summed E-state index contributed by atoms with van der Waals surface area (Å²) in [7, 11) is 0. The Morgan fingerprint density at radius 2 is 2.11 bits per heavy atom. The number of oxazole rings is 1. The van der Waals surface area contributed by atoms with Crippen LogP contribution in [0.5, 0.6) is 0 Å². The molecule has 2 aromatic rings. The molecule has 98 valence electrons. The quantitative estimate of drug-likeness (QED) is 0.855. The lowest BCUT2D eigenvalue weighted by Gasteiger charge is -2.07. The van der Waals surface area contributed by atoms with Crippen molar-refractivity contribution in [2.75, 3.05) is 12.3 Å². The molecule has 0 saturated carbocycles. The van der Waals surface area contributed by atoms with Crippen molar-refractivity contribution in [2.45, 2.75) is 12.9 Å². The van der Waals surface area contributed by atoms with Crippen LogP contribution in [-0.4, -0.2) is 17.4 Å². The largest absolute Gasteiger partial charge is 0.421 e. The van der Waals surface area contributed by atoms with E-state index in [1.54, 1.807) is 0 Å². The van der Waals surface area contributed by atoms with Crippen LogP contribution in [0.2, 0.25) is 0 Å². The lowest BCUT2D eigenvalue weighted by atomic mass is 10.3. The Kier molecular flexibility index (Phi) is 3.04. The van der Waals surface area contributed by atoms with Gasteiger partial charge in [0.25, 0.3) is 0 Å². The SMILES string of the molecule is Nc1ccc2c(c1)oc(=O)n2COCC(F)(F)F. The molecule has 0 aliphatic rings. The summed E-state index contributed by atoms with van der Waals surface area (Å²) in [4.78, 5) is 11.4. The number of benzene rings is 1. The number of hydrogen-bond donors (Lipinski definition) is 1. The van der Waals surface area contributed by atoms with Crippen molar-refractivity contribution in [1.29, 1.82) is 0 Å². The van der Waals surface area contributed by atoms with Crippen LogP contribution in [0.1, 0.15) is 0 Å². The molecule has 0 radical (unpaired) electrons. The Morgan fingerprint density at radius 3 is 2.78 bits per heavy atom. The van der Waals surface area contributed by atoms with Gasteiger partial charge >= 0.3 is 11.9 Å². The van der Waals surface area contributed by atoms with Crippen LogP contribution in [0.3, 0.4) is 0 Å². The highest BCUT2D eigenvalue weighted by atomic mass is 19.4. The maximum atomic E-state index is 11.9. The number of ether oxygens (including phenoxy) is 1. The lowest BCUT2D eigenvalue weighted by molar-refractivity contribution is -0.181. The molecular formula is C10H9F3N2O3. The van der Waals surface area contributed by atoms with Crippen molar-refractivity contribution in [3.63, 3.8) is 0 Å². The highest BCUT2D eigenvalue weighted by molar-refractivity contribution is 5.76. The molecular weight excluding hydrogens is 253 g/mol. The lowest BCUT2D eigenvalue weighted by Crippen LogP contribution is -2.22. The number of fused-ring (bicyclic) bond motifs is 1. The third kappa shape index (κ3) is 2.65. The Hall–Kier alpha value is -1.96. The molecule has 0 atom stereocenters. The summed E-state index contributed by atoms with van der Waals surface area (Å²) >= 11 is 0. The van der Waals surface area contributed by atoms with E-state index >= 15 is 0 Å². The Labute approximate surface area is 98.5 Å². The minimum absolute atomic E-state index is 0.204. The van der Waals surface area contributed by atoms with Crippen LogP contribution in [-0.2, 0) is 11.5 Å². The Bertz CT molecular complexity index is 615. The molecule has 1 heterocycles. The molecule has 1 aromatic carbocycles. The normalized spacial score (nSPS) is 12.2. The van der Waals surface area contributed by atoms with Crippen molar-refractivity contribution in [3.05, 3.63) is 28.7 Å². The number of nitrogen functional groups attached to an aromatic ring is 1. The molecule has 5 nitrogen and oxygen atoms in total. The molecule has 0 saturated heterocycles. The first-order valence-corrected chi connectivity index (χ1v) is 4.90. The topological polar surface area (TPSA) is 70.4 Å². The standard InChI is InChI=1S/C10H9F3N2O3/c11-10(12,13)4-17-5-15-7-2-1-6(14)3-8(7)18-9(15)16/h1-3H,4-5,14H2. The second-order valence-corrected chi connectivity index (χ2v) is 3.62. The second kappa shape index (κ2) is 4.37. The Morgan fingerprint density at radius 1 is 1.39 bits per heavy atom. The van der Waals surface area contributed by atoms with Crippen LogP contribution < -0.4 is 11.5 Å². The fraction of sp³-hybridized carbons (Fsp3) is 0.300. The first kappa shape index (κ1) is 12.5. The van der Waals surface area contributed by atoms with Crippen molar-refractivity contribution < 1.29 is 22.3 Å². The molecule has 0 spiro atoms. The first-order valence-electron chi connectivity index (χ1n) is 4.90. The van der Waals surface area contributed by atoms with Gasteiger partial charge in [0.05, 0.1) is 5.52 Å². The second-order valence-electron chi connectivity index (χ2n) is 3.62. The van der Waals surface area contributed by atoms with Crippen molar-refractivity contribution in [3.8, 4) is 0 Å². The molecule has 0 unspecified atom stereocenters. The molecule has 0 bridgehead atoms. The number of anilines is 1. The van der Waals surface area contributed by atoms with Crippen molar-refractivity contribution >= 4 is 16.8 Å². The maximum Gasteiger partial charge on any atom is 0.421 e. The molecule has 18 heavy (non-hydrogen) atoms. The number of rotatable bonds is 3. The maximum absolute atomic E-state index is 11.9. The zero-order valence-corrected chi connectivity index (χ0v) is 9.03. The van der Waals surface area contributed by atoms with Gasteiger partial charge in [-0.15, -0.1) is 0 Å². The van der Waals surface area contributed by atoms with Crippen LogP contribution in [0.4, 0.5) is 18.9 Å². The van der Waals surface area contributed by atoms with E-state index < -0.39 is 25.3 Å². The van der Waals surface area contributed by atoms with Gasteiger partial charge in [0.15, 0.2) is 5.58 Å². The molecule has 2 rings (SSSR count). The molecule has 8 heteroatoms. The number of nitrogens with two attached hydrogens (primary N) is 1. The minimum Gasteiger partial charge on any atom is -0.408 e. The number of aromatic nitrogens is 1. The van der Waals surface area contributed by atoms with Gasteiger partial charge in [0, 0.05) is 11.8 Å². The average molecular weight is 262 g/mol. The summed E-state index contributed by atoms with van der Waals surface area (Å²) < 4.78 is 45.9. The summed E-state index contributed by atoms with van der Waals surface area (Å²) in [6.45, 7) is -1.96. The number of halogens is 3. The van der Waals surface area contributed by atoms with Gasteiger partial charge in [-0.25, -0.2) is 9.36 Å². The van der Waals surface area contributed by atoms with Gasteiger partial charge in [-0.1, -0.05) is 0 Å². The number of alkyl halides is 3. The predicted molar refractivity (Wildman–Crippen MR) is 56.9 cm³/mol. The van der Waals surface area contributed by atoms with Gasteiger partial charge in [0.1, 0.15) is 13.3 Å². The van der Waals surface area contributed by atoms with Gasteiger partial charge in [-0.05, 0) is 12.1 Å². The highest BCUT2D eigenvalue weighted by Gasteiger charge is 2.27. The van der Waals surface area contributed by atoms with E-state index in [2.05, 4.69) is 4.74 Å². The molecule has 2 N–H and O–H groups in total. The van der Waals surface area contributed by atoms with E-state index in [1.807, 2.05) is 0 Å². The summed E-state index contributed by atoms with van der Waals surface area (Å²) in [5.41, 5.74) is 6.41. The van der Waals surface area contributed by atoms with Crippen molar-refractivity contribution in [2.24, 2.45) is 0 Å². The van der Waals surface area contributed by atoms with E-state index in [-0.39, 0.29) is 5.58 Å². The van der Waals surface area contributed by atoms with Gasteiger partial charge in [-0.2, -0.15) is 13.2 Å². The van der Waals surface area contributed by atoms with E-state index in [4.69, 9.17) is 10.2 Å². The minimum atomic E-state index is -4.44. The zero-order chi connectivity index (χ0) is 13.3. The van der Waals surface area contributed by atoms with Crippen LogP contribution >= 0.6 is 0 Å². The third-order valence-corrected chi connectivity index (χ3v) is 2.18. The van der Waals surface area contributed by atoms with Gasteiger partial charge < -0.3 is 14.9 Å². The van der Waals surface area contributed by atoms with E-state index in [0.717, 1.165) is 4.57 Å². The molecule has 0 amide bonds. The van der Waals surface area contributed by atoms with Crippen LogP contribution in [0.25, 0.3) is 11.1 Å². The fourth-order valence-electron chi connectivity index (χ4n) is 1.46. The smallest absolute Gasteiger partial charge is 0.408 e. The average Bonchev–Trinajstić information content (AvgIpc) is 2.52. The highest BCUT2D eigenvalue weighted by Crippen LogP contribution is 2.18. The van der Waals surface area contributed by atoms with E-state index in [9.17, 15) is 18.0 Å². The number of nitrogens with zero attached hydrogens (tertiary/aromatic N) is 1. The summed E-state index contributed by atoms with van der Waals surface area (Å²) in [6.07, 6.45) is -4.44. The van der Waals surface area contributed by atoms with Gasteiger partial charge in [-0.3, -0.25) is 0 Å². The molecule has 0 fully saturated rings. The van der Waals surface area contributed by atoms with E-state index in [1.165, 1.54) is 18.2 Å². The third-order valence-electron chi connectivity index (χ3n) is 2.18. The first-order chi connectivity index (χ1) is 8.37. The predicted octanol–water partition coefficient (Wildman–Crippen LogP) is 1.71. The van der Waals surface area contributed by atoms with Gasteiger partial charge in [0.2, 0.25) is 0 Å². The van der Waals surface area contributed by atoms with Crippen LogP contribution in [0.15, 0.2) is 27.4 Å². The van der Waals surface area contributed by atoms with Crippen LogP contribution in [0, 0.1) is 0 Å². The molecule has 0 aliphatic carbocycles. The molecule has 0 aliphatic heterocycles. The summed E-state index contributed by atoms with van der Waals surface area (Å²) in [5, 5.41) is 0. The number of hydrogen-bond acceptors (Lipinski definition) is 4.